The molecule has 6 heteroatoms. The van der Waals surface area contributed by atoms with Crippen LogP contribution in [0.1, 0.15) is 6.42 Å². The Morgan fingerprint density at radius 1 is 1.40 bits per heavy atom. The molecule has 0 saturated carbocycles. The van der Waals surface area contributed by atoms with Crippen LogP contribution in [0.3, 0.4) is 0 Å². The lowest BCUT2D eigenvalue weighted by molar-refractivity contribution is -0.384. The SMILES string of the molecule is O=[N+]([O-])c1ccc(OC(Cl)CCCl)cc1. The van der Waals surface area contributed by atoms with E-state index in [-0.39, 0.29) is 5.69 Å². The number of non-ortho nitro benzene ring substituents is 1. The molecule has 0 N–H and O–H groups in total. The van der Waals surface area contributed by atoms with Gasteiger partial charge < -0.3 is 4.74 Å². The van der Waals surface area contributed by atoms with Crippen molar-refractivity contribution in [2.24, 2.45) is 0 Å². The van der Waals surface area contributed by atoms with Crippen LogP contribution < -0.4 is 4.74 Å². The van der Waals surface area contributed by atoms with Crippen molar-refractivity contribution in [3.63, 3.8) is 0 Å². The first-order valence-electron chi connectivity index (χ1n) is 4.24. The predicted octanol–water partition coefficient (Wildman–Crippen LogP) is 3.17. The maximum absolute atomic E-state index is 10.4. The van der Waals surface area contributed by atoms with E-state index >= 15 is 0 Å². The lowest BCUT2D eigenvalue weighted by Crippen LogP contribution is -2.08. The third-order valence-electron chi connectivity index (χ3n) is 1.65. The summed E-state index contributed by atoms with van der Waals surface area (Å²) in [6.07, 6.45) is 0.514. The zero-order valence-electron chi connectivity index (χ0n) is 7.73. The van der Waals surface area contributed by atoms with Crippen LogP contribution in [-0.4, -0.2) is 16.4 Å². The first kappa shape index (κ1) is 12.1. The van der Waals surface area contributed by atoms with Gasteiger partial charge >= 0.3 is 0 Å². The van der Waals surface area contributed by atoms with E-state index in [9.17, 15) is 10.1 Å². The van der Waals surface area contributed by atoms with Gasteiger partial charge in [-0.05, 0) is 12.1 Å². The van der Waals surface area contributed by atoms with Crippen molar-refractivity contribution in [1.29, 1.82) is 0 Å². The molecule has 0 heterocycles. The monoisotopic (exact) mass is 249 g/mol. The number of halogens is 2. The molecule has 0 aliphatic carbocycles. The van der Waals surface area contributed by atoms with Crippen molar-refractivity contribution in [2.45, 2.75) is 12.0 Å². The standard InChI is InChI=1S/C9H9Cl2NO3/c10-6-5-9(11)15-8-3-1-7(2-4-8)12(13)14/h1-4,9H,5-6H2. The highest BCUT2D eigenvalue weighted by Gasteiger charge is 2.08. The Morgan fingerprint density at radius 2 is 2.00 bits per heavy atom. The maximum atomic E-state index is 10.4. The van der Waals surface area contributed by atoms with Crippen molar-refractivity contribution >= 4 is 28.9 Å². The van der Waals surface area contributed by atoms with Gasteiger partial charge in [0.25, 0.3) is 5.69 Å². The van der Waals surface area contributed by atoms with E-state index in [1.807, 2.05) is 0 Å². The second-order valence-corrected chi connectivity index (χ2v) is 3.62. The van der Waals surface area contributed by atoms with E-state index in [0.29, 0.717) is 18.1 Å². The zero-order chi connectivity index (χ0) is 11.3. The van der Waals surface area contributed by atoms with Crippen molar-refractivity contribution in [1.82, 2.24) is 0 Å². The second kappa shape index (κ2) is 5.78. The van der Waals surface area contributed by atoms with Crippen LogP contribution in [0.15, 0.2) is 24.3 Å². The number of benzene rings is 1. The molecule has 1 atom stereocenters. The molecule has 0 saturated heterocycles. The number of ether oxygens (including phenoxy) is 1. The Balaban J connectivity index is 2.60. The number of hydrogen-bond acceptors (Lipinski definition) is 3. The molecule has 15 heavy (non-hydrogen) atoms. The zero-order valence-corrected chi connectivity index (χ0v) is 9.24. The second-order valence-electron chi connectivity index (χ2n) is 2.76. The van der Waals surface area contributed by atoms with Crippen molar-refractivity contribution in [3.05, 3.63) is 34.4 Å². The van der Waals surface area contributed by atoms with E-state index in [2.05, 4.69) is 0 Å². The highest BCUT2D eigenvalue weighted by atomic mass is 35.5. The van der Waals surface area contributed by atoms with E-state index in [4.69, 9.17) is 27.9 Å². The molecule has 0 aliphatic heterocycles. The van der Waals surface area contributed by atoms with E-state index in [1.54, 1.807) is 0 Å². The minimum atomic E-state index is -0.510. The van der Waals surface area contributed by atoms with Gasteiger partial charge in [-0.3, -0.25) is 10.1 Å². The van der Waals surface area contributed by atoms with Crippen molar-refractivity contribution < 1.29 is 9.66 Å². The number of hydrogen-bond donors (Lipinski definition) is 0. The van der Waals surface area contributed by atoms with E-state index in [0.717, 1.165) is 0 Å². The Hall–Kier alpha value is -1.00. The van der Waals surface area contributed by atoms with Gasteiger partial charge in [-0.2, -0.15) is 0 Å². The minimum Gasteiger partial charge on any atom is -0.475 e. The summed E-state index contributed by atoms with van der Waals surface area (Å²) in [6.45, 7) is 0. The fourth-order valence-electron chi connectivity index (χ4n) is 0.939. The Labute approximate surface area is 96.9 Å². The Morgan fingerprint density at radius 3 is 2.47 bits per heavy atom. The van der Waals surface area contributed by atoms with E-state index < -0.39 is 10.5 Å². The van der Waals surface area contributed by atoms with Crippen molar-refractivity contribution in [3.8, 4) is 5.75 Å². The smallest absolute Gasteiger partial charge is 0.269 e. The molecule has 0 radical (unpaired) electrons. The van der Waals surface area contributed by atoms with Crippen LogP contribution in [0.4, 0.5) is 5.69 Å². The Bertz CT molecular complexity index is 329. The highest BCUT2D eigenvalue weighted by Crippen LogP contribution is 2.20. The molecule has 0 aliphatic rings. The van der Waals surface area contributed by atoms with Crippen LogP contribution >= 0.6 is 23.2 Å². The van der Waals surface area contributed by atoms with Gasteiger partial charge in [0.1, 0.15) is 5.75 Å². The lowest BCUT2D eigenvalue weighted by Gasteiger charge is -2.10. The third kappa shape index (κ3) is 3.93. The summed E-state index contributed by atoms with van der Waals surface area (Å²) in [6, 6.07) is 5.72. The quantitative estimate of drug-likeness (QED) is 0.458. The van der Waals surface area contributed by atoms with E-state index in [1.165, 1.54) is 24.3 Å². The summed E-state index contributed by atoms with van der Waals surface area (Å²) in [5.41, 5.74) is -0.491. The number of alkyl halides is 2. The normalized spacial score (nSPS) is 12.1. The molecule has 0 bridgehead atoms. The van der Waals surface area contributed by atoms with Gasteiger partial charge in [-0.15, -0.1) is 11.6 Å². The molecule has 1 aromatic carbocycles. The largest absolute Gasteiger partial charge is 0.475 e. The van der Waals surface area contributed by atoms with Crippen LogP contribution in [0.25, 0.3) is 0 Å². The average Bonchev–Trinajstić information content (AvgIpc) is 2.18. The van der Waals surface area contributed by atoms with Crippen LogP contribution in [0.5, 0.6) is 5.75 Å². The first-order chi connectivity index (χ1) is 7.13. The highest BCUT2D eigenvalue weighted by molar-refractivity contribution is 6.21. The van der Waals surface area contributed by atoms with Gasteiger partial charge in [-0.1, -0.05) is 11.6 Å². The lowest BCUT2D eigenvalue weighted by atomic mass is 10.3. The molecule has 0 amide bonds. The number of nitro groups is 1. The molecule has 0 spiro atoms. The number of rotatable bonds is 5. The summed E-state index contributed by atoms with van der Waals surface area (Å²) in [4.78, 5) is 9.89. The molecule has 1 unspecified atom stereocenters. The molecule has 82 valence electrons. The summed E-state index contributed by atoms with van der Waals surface area (Å²) in [5, 5.41) is 10.4. The summed E-state index contributed by atoms with van der Waals surface area (Å²) < 4.78 is 5.25. The fourth-order valence-corrected chi connectivity index (χ4v) is 1.46. The van der Waals surface area contributed by atoms with Crippen molar-refractivity contribution in [2.75, 3.05) is 5.88 Å². The van der Waals surface area contributed by atoms with Crippen LogP contribution in [0.2, 0.25) is 0 Å². The maximum Gasteiger partial charge on any atom is 0.269 e. The molecular weight excluding hydrogens is 241 g/mol. The molecule has 0 aromatic heterocycles. The molecule has 4 nitrogen and oxygen atoms in total. The third-order valence-corrected chi connectivity index (χ3v) is 2.17. The molecule has 0 fully saturated rings. The predicted molar refractivity (Wildman–Crippen MR) is 58.7 cm³/mol. The summed E-state index contributed by atoms with van der Waals surface area (Å²) >= 11 is 11.3. The van der Waals surface area contributed by atoms with Gasteiger partial charge in [-0.25, -0.2) is 0 Å². The molecule has 1 aromatic rings. The first-order valence-corrected chi connectivity index (χ1v) is 5.21. The van der Waals surface area contributed by atoms with Gasteiger partial charge in [0.15, 0.2) is 5.56 Å². The Kier molecular flexibility index (Phi) is 4.65. The van der Waals surface area contributed by atoms with Gasteiger partial charge in [0, 0.05) is 24.4 Å². The number of nitrogens with zero attached hydrogens (tertiary/aromatic N) is 1. The summed E-state index contributed by atoms with van der Waals surface area (Å²) in [7, 11) is 0. The molecule has 1 rings (SSSR count). The average molecular weight is 250 g/mol. The molecular formula is C9H9Cl2NO3. The van der Waals surface area contributed by atoms with Gasteiger partial charge in [0.2, 0.25) is 0 Å². The number of nitro benzene ring substituents is 1. The topological polar surface area (TPSA) is 52.4 Å². The van der Waals surface area contributed by atoms with Crippen LogP contribution in [-0.2, 0) is 0 Å². The van der Waals surface area contributed by atoms with Gasteiger partial charge in [0.05, 0.1) is 4.92 Å². The van der Waals surface area contributed by atoms with Crippen LogP contribution in [0, 0.1) is 10.1 Å². The fraction of sp³-hybridized carbons (Fsp3) is 0.333. The minimum absolute atomic E-state index is 0.0193. The summed E-state index contributed by atoms with van der Waals surface area (Å²) in [5.74, 6) is 0.895.